The zero-order valence-electron chi connectivity index (χ0n) is 10.3. The van der Waals surface area contributed by atoms with Crippen LogP contribution in [0, 0.1) is 11.8 Å². The molecular formula is C9H23N5O5. The smallest absolute Gasteiger partial charge is 0.196 e. The van der Waals surface area contributed by atoms with Gasteiger partial charge in [-0.25, -0.2) is 0 Å². The fourth-order valence-corrected chi connectivity index (χ4v) is 2.19. The Labute approximate surface area is 109 Å². The zero-order valence-corrected chi connectivity index (χ0v) is 10.3. The SMILES string of the molecule is NC(O)C(N)(O)C(C1CC1)C(N)(O)C(N)(O)C(N)O. The van der Waals surface area contributed by atoms with Crippen molar-refractivity contribution in [3.8, 4) is 0 Å². The van der Waals surface area contributed by atoms with Crippen LogP contribution in [-0.4, -0.2) is 55.2 Å². The Morgan fingerprint density at radius 1 is 0.842 bits per heavy atom. The minimum absolute atomic E-state index is 0.433. The normalized spacial score (nSPS) is 30.6. The van der Waals surface area contributed by atoms with Crippen LogP contribution in [-0.2, 0) is 0 Å². The van der Waals surface area contributed by atoms with E-state index in [1.54, 1.807) is 0 Å². The van der Waals surface area contributed by atoms with Gasteiger partial charge in [0.05, 0.1) is 5.92 Å². The fraction of sp³-hybridized carbons (Fsp3) is 1.00. The molecule has 6 atom stereocenters. The van der Waals surface area contributed by atoms with Crippen molar-refractivity contribution in [2.24, 2.45) is 40.5 Å². The maximum absolute atomic E-state index is 10.2. The summed E-state index contributed by atoms with van der Waals surface area (Å²) in [7, 11) is 0. The molecule has 1 aliphatic carbocycles. The predicted octanol–water partition coefficient (Wildman–Crippen LogP) is -5.49. The van der Waals surface area contributed by atoms with Crippen LogP contribution in [0.1, 0.15) is 12.8 Å². The molecule has 1 rings (SSSR count). The minimum Gasteiger partial charge on any atom is -0.374 e. The second kappa shape index (κ2) is 4.86. The Morgan fingerprint density at radius 2 is 1.26 bits per heavy atom. The van der Waals surface area contributed by atoms with Crippen LogP contribution in [0.2, 0.25) is 0 Å². The summed E-state index contributed by atoms with van der Waals surface area (Å²) >= 11 is 0. The van der Waals surface area contributed by atoms with Crippen molar-refractivity contribution in [1.82, 2.24) is 0 Å². The van der Waals surface area contributed by atoms with Gasteiger partial charge >= 0.3 is 0 Å². The van der Waals surface area contributed by atoms with Crippen molar-refractivity contribution in [1.29, 1.82) is 0 Å². The highest BCUT2D eigenvalue weighted by atomic mass is 16.4. The minimum atomic E-state index is -2.86. The summed E-state index contributed by atoms with van der Waals surface area (Å²) in [4.78, 5) is 0. The topological polar surface area (TPSA) is 231 Å². The Morgan fingerprint density at radius 3 is 1.53 bits per heavy atom. The molecule has 6 unspecified atom stereocenters. The van der Waals surface area contributed by atoms with E-state index in [4.69, 9.17) is 28.7 Å². The first-order valence-corrected chi connectivity index (χ1v) is 5.77. The average molecular weight is 281 g/mol. The Hall–Kier alpha value is -0.400. The summed E-state index contributed by atoms with van der Waals surface area (Å²) in [5.41, 5.74) is 18.4. The molecule has 0 saturated heterocycles. The lowest BCUT2D eigenvalue weighted by Crippen LogP contribution is -2.81. The highest BCUT2D eigenvalue weighted by Gasteiger charge is 2.63. The lowest BCUT2D eigenvalue weighted by molar-refractivity contribution is -0.263. The van der Waals surface area contributed by atoms with Gasteiger partial charge in [-0.15, -0.1) is 0 Å². The lowest BCUT2D eigenvalue weighted by atomic mass is 9.75. The van der Waals surface area contributed by atoms with Crippen LogP contribution in [0.15, 0.2) is 0 Å². The third kappa shape index (κ3) is 2.73. The first kappa shape index (κ1) is 16.7. The largest absolute Gasteiger partial charge is 0.374 e. The summed E-state index contributed by atoms with van der Waals surface area (Å²) in [5.74, 6) is -1.93. The van der Waals surface area contributed by atoms with Crippen LogP contribution in [0.3, 0.4) is 0 Å². The van der Waals surface area contributed by atoms with Gasteiger partial charge in [0, 0.05) is 0 Å². The molecule has 0 heterocycles. The van der Waals surface area contributed by atoms with E-state index in [0.717, 1.165) is 0 Å². The van der Waals surface area contributed by atoms with Crippen molar-refractivity contribution in [2.45, 2.75) is 42.5 Å². The Balaban J connectivity index is 3.19. The van der Waals surface area contributed by atoms with E-state index in [-0.39, 0.29) is 0 Å². The molecule has 10 heteroatoms. The highest BCUT2D eigenvalue weighted by Crippen LogP contribution is 2.47. The molecule has 0 bridgehead atoms. The van der Waals surface area contributed by atoms with E-state index in [1.165, 1.54) is 0 Å². The number of hydrogen-bond donors (Lipinski definition) is 10. The van der Waals surface area contributed by atoms with Gasteiger partial charge in [0.2, 0.25) is 0 Å². The standard InChI is InChI=1S/C9H23N5O5/c10-5(15)7(12,17)4(3-1-2-3)8(13,18)9(14,19)6(11)16/h3-6,15-19H,1-2,10-14H2. The summed E-state index contributed by atoms with van der Waals surface area (Å²) in [6, 6.07) is 0. The van der Waals surface area contributed by atoms with Crippen LogP contribution < -0.4 is 28.7 Å². The van der Waals surface area contributed by atoms with Gasteiger partial charge in [-0.2, -0.15) is 0 Å². The molecule has 1 aliphatic rings. The van der Waals surface area contributed by atoms with Crippen molar-refractivity contribution < 1.29 is 25.5 Å². The summed E-state index contributed by atoms with van der Waals surface area (Å²) < 4.78 is 0. The maximum atomic E-state index is 10.2. The second-order valence-electron chi connectivity index (χ2n) is 5.24. The molecule has 0 amide bonds. The van der Waals surface area contributed by atoms with E-state index in [9.17, 15) is 25.5 Å². The molecule has 15 N–H and O–H groups in total. The van der Waals surface area contributed by atoms with Crippen molar-refractivity contribution in [3.05, 3.63) is 0 Å². The van der Waals surface area contributed by atoms with Crippen molar-refractivity contribution in [3.63, 3.8) is 0 Å². The van der Waals surface area contributed by atoms with Crippen molar-refractivity contribution >= 4 is 0 Å². The van der Waals surface area contributed by atoms with E-state index in [1.807, 2.05) is 0 Å². The molecule has 10 nitrogen and oxygen atoms in total. The zero-order chi connectivity index (χ0) is 15.2. The van der Waals surface area contributed by atoms with Gasteiger partial charge < -0.3 is 37.0 Å². The highest BCUT2D eigenvalue weighted by molar-refractivity contribution is 5.09. The second-order valence-corrected chi connectivity index (χ2v) is 5.24. The number of nitrogens with two attached hydrogens (primary N) is 5. The van der Waals surface area contributed by atoms with Crippen LogP contribution in [0.5, 0.6) is 0 Å². The molecular weight excluding hydrogens is 258 g/mol. The quantitative estimate of drug-likeness (QED) is 0.207. The third-order valence-corrected chi connectivity index (χ3v) is 3.63. The van der Waals surface area contributed by atoms with E-state index < -0.39 is 41.5 Å². The molecule has 0 aromatic rings. The molecule has 19 heavy (non-hydrogen) atoms. The fourth-order valence-electron chi connectivity index (χ4n) is 2.19. The maximum Gasteiger partial charge on any atom is 0.196 e. The molecule has 0 spiro atoms. The summed E-state index contributed by atoms with van der Waals surface area (Å²) in [6.07, 6.45) is -3.01. The predicted molar refractivity (Wildman–Crippen MR) is 64.0 cm³/mol. The third-order valence-electron chi connectivity index (χ3n) is 3.63. The van der Waals surface area contributed by atoms with E-state index >= 15 is 0 Å². The molecule has 0 aromatic carbocycles. The number of hydrogen-bond acceptors (Lipinski definition) is 10. The van der Waals surface area contributed by atoms with Crippen LogP contribution in [0.25, 0.3) is 0 Å². The van der Waals surface area contributed by atoms with E-state index in [2.05, 4.69) is 0 Å². The average Bonchev–Trinajstić information content (AvgIpc) is 3.00. The molecule has 1 fully saturated rings. The van der Waals surface area contributed by atoms with Gasteiger partial charge in [-0.05, 0) is 18.8 Å². The number of rotatable bonds is 6. The Bertz CT molecular complexity index is 329. The van der Waals surface area contributed by atoms with Gasteiger partial charge in [0.15, 0.2) is 17.2 Å². The molecule has 0 radical (unpaired) electrons. The monoisotopic (exact) mass is 281 g/mol. The van der Waals surface area contributed by atoms with Gasteiger partial charge in [-0.1, -0.05) is 0 Å². The first-order valence-electron chi connectivity index (χ1n) is 5.77. The van der Waals surface area contributed by atoms with Crippen molar-refractivity contribution in [2.75, 3.05) is 0 Å². The molecule has 114 valence electrons. The Kier molecular flexibility index (Phi) is 4.26. The summed E-state index contributed by atoms with van der Waals surface area (Å²) in [6.45, 7) is 0. The van der Waals surface area contributed by atoms with Crippen LogP contribution in [0.4, 0.5) is 0 Å². The van der Waals surface area contributed by atoms with E-state index in [0.29, 0.717) is 12.8 Å². The molecule has 0 aliphatic heterocycles. The number of aliphatic hydroxyl groups excluding tert-OH is 2. The van der Waals surface area contributed by atoms with Gasteiger partial charge in [0.25, 0.3) is 0 Å². The lowest BCUT2D eigenvalue weighted by Gasteiger charge is -2.49. The first-order chi connectivity index (χ1) is 8.36. The summed E-state index contributed by atoms with van der Waals surface area (Å²) in [5, 5.41) is 48.6. The van der Waals surface area contributed by atoms with Gasteiger partial charge in [0.1, 0.15) is 12.5 Å². The number of aliphatic hydroxyl groups is 5. The van der Waals surface area contributed by atoms with Gasteiger partial charge in [-0.3, -0.25) is 17.2 Å². The molecule has 0 aromatic heterocycles. The van der Waals surface area contributed by atoms with Crippen LogP contribution >= 0.6 is 0 Å². The molecule has 1 saturated carbocycles.